The Morgan fingerprint density at radius 2 is 1.85 bits per heavy atom. The number of nitrogens with one attached hydrogen (secondary N) is 1. The van der Waals surface area contributed by atoms with Crippen LogP contribution < -0.4 is 10.2 Å². The van der Waals surface area contributed by atoms with Gasteiger partial charge in [-0.05, 0) is 93.9 Å². The van der Waals surface area contributed by atoms with Gasteiger partial charge in [-0.3, -0.25) is 9.59 Å². The van der Waals surface area contributed by atoms with Gasteiger partial charge in [0, 0.05) is 19.1 Å². The van der Waals surface area contributed by atoms with Gasteiger partial charge in [0.15, 0.2) is 0 Å². The average Bonchev–Trinajstić information content (AvgIpc) is 2.79. The number of carboxylic acids is 1. The van der Waals surface area contributed by atoms with Crippen LogP contribution in [0.1, 0.15) is 75.6 Å². The molecule has 0 radical (unpaired) electrons. The smallest absolute Gasteiger partial charge is 0.309 e. The van der Waals surface area contributed by atoms with E-state index in [1.165, 1.54) is 0 Å². The SMILES string of the molecule is CCCSc1nc(N2CCC(C)(C(=O)O)CC2)ccc1C(=O)NC1C2CC3CC1CC(O)(C3)C2. The van der Waals surface area contributed by atoms with Crippen LogP contribution in [0.3, 0.4) is 0 Å². The number of rotatable bonds is 7. The van der Waals surface area contributed by atoms with Gasteiger partial charge in [-0.15, -0.1) is 11.8 Å². The van der Waals surface area contributed by atoms with Crippen molar-refractivity contribution < 1.29 is 19.8 Å². The third kappa shape index (κ3) is 4.43. The predicted molar refractivity (Wildman–Crippen MR) is 132 cm³/mol. The topological polar surface area (TPSA) is 103 Å². The van der Waals surface area contributed by atoms with E-state index in [1.54, 1.807) is 11.8 Å². The first-order valence-corrected chi connectivity index (χ1v) is 13.8. The van der Waals surface area contributed by atoms with Crippen molar-refractivity contribution in [1.29, 1.82) is 0 Å². The first kappa shape index (κ1) is 23.9. The lowest BCUT2D eigenvalue weighted by Gasteiger charge is -2.58. The van der Waals surface area contributed by atoms with E-state index in [0.717, 1.165) is 55.1 Å². The van der Waals surface area contributed by atoms with E-state index in [2.05, 4.69) is 17.1 Å². The molecule has 186 valence electrons. The van der Waals surface area contributed by atoms with Crippen LogP contribution >= 0.6 is 11.8 Å². The predicted octanol–water partition coefficient (Wildman–Crippen LogP) is 3.94. The molecule has 0 spiro atoms. The zero-order chi connectivity index (χ0) is 24.1. The second kappa shape index (κ2) is 9.01. The van der Waals surface area contributed by atoms with Gasteiger partial charge in [0.25, 0.3) is 5.91 Å². The standard InChI is InChI=1S/C26H37N3O4S/c1-3-10-34-23-19(4-5-20(27-23)29-8-6-25(2,7-9-29)24(31)32)22(30)28-21-17-11-16-12-18(21)15-26(33,13-16)14-17/h4-5,16-18,21,33H,3,6-15H2,1-2H3,(H,28,30)(H,31,32). The Morgan fingerprint density at radius 1 is 1.18 bits per heavy atom. The zero-order valence-electron chi connectivity index (χ0n) is 20.3. The van der Waals surface area contributed by atoms with Gasteiger partial charge in [0.05, 0.1) is 16.6 Å². The molecule has 6 rings (SSSR count). The maximum atomic E-state index is 13.4. The summed E-state index contributed by atoms with van der Waals surface area (Å²) in [5.41, 5.74) is -0.557. The molecule has 5 fully saturated rings. The van der Waals surface area contributed by atoms with E-state index >= 15 is 0 Å². The molecule has 1 saturated heterocycles. The number of piperidine rings is 1. The third-order valence-electron chi connectivity index (χ3n) is 8.78. The number of aliphatic hydroxyl groups is 1. The second-order valence-electron chi connectivity index (χ2n) is 11.4. The van der Waals surface area contributed by atoms with Crippen LogP contribution in [0.15, 0.2) is 17.2 Å². The van der Waals surface area contributed by atoms with Gasteiger partial charge in [-0.2, -0.15) is 0 Å². The number of aromatic nitrogens is 1. The molecule has 4 bridgehead atoms. The Balaban J connectivity index is 1.31. The number of pyridine rings is 1. The number of anilines is 1. The number of carbonyl (C=O) groups is 2. The summed E-state index contributed by atoms with van der Waals surface area (Å²) in [7, 11) is 0. The Kier molecular flexibility index (Phi) is 6.34. The molecule has 5 aliphatic rings. The largest absolute Gasteiger partial charge is 0.481 e. The highest BCUT2D eigenvalue weighted by molar-refractivity contribution is 7.99. The number of aliphatic carboxylic acids is 1. The Hall–Kier alpha value is -1.80. The van der Waals surface area contributed by atoms with E-state index in [-0.39, 0.29) is 11.9 Å². The van der Waals surface area contributed by atoms with Crippen LogP contribution in [0.2, 0.25) is 0 Å². The lowest BCUT2D eigenvalue weighted by molar-refractivity contribution is -0.149. The minimum atomic E-state index is -0.733. The summed E-state index contributed by atoms with van der Waals surface area (Å²) in [5.74, 6) is 2.27. The molecule has 2 heterocycles. The first-order chi connectivity index (χ1) is 16.2. The number of carboxylic acid groups (broad SMARTS) is 1. The third-order valence-corrected chi connectivity index (χ3v) is 9.98. The molecular weight excluding hydrogens is 450 g/mol. The van der Waals surface area contributed by atoms with Crippen molar-refractivity contribution in [2.75, 3.05) is 23.7 Å². The molecule has 2 atom stereocenters. The molecular formula is C26H37N3O4S. The van der Waals surface area contributed by atoms with Gasteiger partial charge in [0.2, 0.25) is 0 Å². The van der Waals surface area contributed by atoms with Gasteiger partial charge in [-0.1, -0.05) is 6.92 Å². The van der Waals surface area contributed by atoms with Crippen molar-refractivity contribution in [2.24, 2.45) is 23.2 Å². The van der Waals surface area contributed by atoms with Gasteiger partial charge in [0.1, 0.15) is 10.8 Å². The maximum Gasteiger partial charge on any atom is 0.309 e. The highest BCUT2D eigenvalue weighted by Gasteiger charge is 2.55. The molecule has 4 aliphatic carbocycles. The molecule has 2 unspecified atom stereocenters. The molecule has 34 heavy (non-hydrogen) atoms. The quantitative estimate of drug-likeness (QED) is 0.501. The van der Waals surface area contributed by atoms with Crippen molar-refractivity contribution in [3.8, 4) is 0 Å². The van der Waals surface area contributed by atoms with Gasteiger partial charge >= 0.3 is 5.97 Å². The molecule has 8 heteroatoms. The van der Waals surface area contributed by atoms with Crippen molar-refractivity contribution in [2.45, 2.75) is 81.9 Å². The molecule has 1 aromatic rings. The molecule has 1 aliphatic heterocycles. The fourth-order valence-corrected chi connectivity index (χ4v) is 7.85. The van der Waals surface area contributed by atoms with E-state index < -0.39 is 17.0 Å². The highest BCUT2D eigenvalue weighted by Crippen LogP contribution is 2.55. The summed E-state index contributed by atoms with van der Waals surface area (Å²) < 4.78 is 0. The first-order valence-electron chi connectivity index (χ1n) is 12.9. The lowest BCUT2D eigenvalue weighted by atomic mass is 9.52. The van der Waals surface area contributed by atoms with E-state index in [1.807, 2.05) is 19.1 Å². The van der Waals surface area contributed by atoms with Crippen LogP contribution in [0.5, 0.6) is 0 Å². The van der Waals surface area contributed by atoms with Crippen LogP contribution in [0, 0.1) is 23.2 Å². The van der Waals surface area contributed by atoms with E-state index in [9.17, 15) is 19.8 Å². The number of carbonyl (C=O) groups excluding carboxylic acids is 1. The number of nitrogens with zero attached hydrogens (tertiary/aromatic N) is 2. The van der Waals surface area contributed by atoms with E-state index in [0.29, 0.717) is 49.2 Å². The monoisotopic (exact) mass is 487 g/mol. The van der Waals surface area contributed by atoms with Crippen molar-refractivity contribution in [1.82, 2.24) is 10.3 Å². The van der Waals surface area contributed by atoms with Crippen molar-refractivity contribution in [3.05, 3.63) is 17.7 Å². The molecule has 1 amide bonds. The number of thioether (sulfide) groups is 1. The van der Waals surface area contributed by atoms with Crippen LogP contribution in [-0.4, -0.2) is 57.6 Å². The fraction of sp³-hybridized carbons (Fsp3) is 0.731. The molecule has 3 N–H and O–H groups in total. The summed E-state index contributed by atoms with van der Waals surface area (Å²) in [5, 5.41) is 24.5. The maximum absolute atomic E-state index is 13.4. The normalized spacial score (nSPS) is 33.7. The lowest BCUT2D eigenvalue weighted by Crippen LogP contribution is -2.61. The van der Waals surface area contributed by atoms with Gasteiger partial charge < -0.3 is 20.4 Å². The molecule has 7 nitrogen and oxygen atoms in total. The summed E-state index contributed by atoms with van der Waals surface area (Å²) >= 11 is 1.62. The fourth-order valence-electron chi connectivity index (χ4n) is 6.98. The Labute approximate surface area is 206 Å². The highest BCUT2D eigenvalue weighted by atomic mass is 32.2. The van der Waals surface area contributed by atoms with Crippen LogP contribution in [-0.2, 0) is 4.79 Å². The van der Waals surface area contributed by atoms with E-state index in [4.69, 9.17) is 4.98 Å². The number of hydrogen-bond acceptors (Lipinski definition) is 6. The van der Waals surface area contributed by atoms with Gasteiger partial charge in [-0.25, -0.2) is 4.98 Å². The Morgan fingerprint density at radius 3 is 2.44 bits per heavy atom. The minimum Gasteiger partial charge on any atom is -0.481 e. The zero-order valence-corrected chi connectivity index (χ0v) is 21.1. The number of hydrogen-bond donors (Lipinski definition) is 3. The van der Waals surface area contributed by atoms with Crippen molar-refractivity contribution in [3.63, 3.8) is 0 Å². The summed E-state index contributed by atoms with van der Waals surface area (Å²) in [6, 6.07) is 3.95. The van der Waals surface area contributed by atoms with Crippen LogP contribution in [0.25, 0.3) is 0 Å². The number of amides is 1. The molecule has 0 aromatic carbocycles. The second-order valence-corrected chi connectivity index (χ2v) is 12.5. The molecule has 4 saturated carbocycles. The summed E-state index contributed by atoms with van der Waals surface area (Å²) in [4.78, 5) is 32.1. The Bertz CT molecular complexity index is 945. The molecule has 1 aromatic heterocycles. The summed E-state index contributed by atoms with van der Waals surface area (Å²) in [6.45, 7) is 5.23. The average molecular weight is 488 g/mol. The minimum absolute atomic E-state index is 0.0563. The van der Waals surface area contributed by atoms with Crippen LogP contribution in [0.4, 0.5) is 5.82 Å². The van der Waals surface area contributed by atoms with Crippen molar-refractivity contribution >= 4 is 29.5 Å². The summed E-state index contributed by atoms with van der Waals surface area (Å²) in [6.07, 6.45) is 6.94.